The molecule has 0 saturated carbocycles. The maximum Gasteiger partial charge on any atom is 0.0767 e. The number of aliphatic imine (C=N–C) groups is 1. The highest BCUT2D eigenvalue weighted by Gasteiger charge is 2.26. The molecule has 0 atom stereocenters. The molecule has 1 aromatic carbocycles. The van der Waals surface area contributed by atoms with Crippen molar-refractivity contribution in [1.82, 2.24) is 4.90 Å². The Morgan fingerprint density at radius 1 is 0.833 bits per heavy atom. The van der Waals surface area contributed by atoms with Gasteiger partial charge >= 0.3 is 0 Å². The molecular weight excluding hydrogens is 474 g/mol. The maximum absolute atomic E-state index is 5.34. The highest BCUT2D eigenvalue weighted by atomic mass is 32.1. The lowest BCUT2D eigenvalue weighted by molar-refractivity contribution is 0.133. The van der Waals surface area contributed by atoms with Gasteiger partial charge in [0.15, 0.2) is 0 Å². The molecule has 7 nitrogen and oxygen atoms in total. The lowest BCUT2D eigenvalue weighted by Crippen LogP contribution is -2.32. The van der Waals surface area contributed by atoms with E-state index < -0.39 is 0 Å². The fourth-order valence-electron chi connectivity index (χ4n) is 4.07. The van der Waals surface area contributed by atoms with Gasteiger partial charge < -0.3 is 28.7 Å². The molecule has 0 aromatic heterocycles. The Balaban J connectivity index is 2.34. The minimum Gasteiger partial charge on any atom is -0.383 e. The number of rotatable bonds is 15. The fraction of sp³-hybridized carbons (Fsp3) is 0.607. The molecule has 0 radical (unpaired) electrons. The molecular formula is C28H45N3O4S. The zero-order chi connectivity index (χ0) is 26.6. The highest BCUT2D eigenvalue weighted by Crippen LogP contribution is 2.36. The van der Waals surface area contributed by atoms with Crippen molar-refractivity contribution in [3.63, 3.8) is 0 Å². The maximum atomic E-state index is 5.34. The summed E-state index contributed by atoms with van der Waals surface area (Å²) in [4.78, 5) is 10.5. The standard InChI is InChI=1S/C28H45N3O4S/c1-28(2,3)24-20-22(30(12-16-32-4)13-17-33-5)8-10-25(24)29-26-11-9-23(21-27(26)36)31(14-18-34-6)15-19-35-7/h8-9,11,20-21,36H,10,12-19H2,1-7H3. The Kier molecular flexibility index (Phi) is 13.0. The van der Waals surface area contributed by atoms with Crippen LogP contribution in [0.2, 0.25) is 0 Å². The van der Waals surface area contributed by atoms with E-state index >= 15 is 0 Å². The van der Waals surface area contributed by atoms with Gasteiger partial charge in [-0.3, -0.25) is 4.99 Å². The van der Waals surface area contributed by atoms with Gasteiger partial charge in [0.2, 0.25) is 0 Å². The lowest BCUT2D eigenvalue weighted by atomic mass is 9.80. The Morgan fingerprint density at radius 3 is 1.83 bits per heavy atom. The summed E-state index contributed by atoms with van der Waals surface area (Å²) in [6.45, 7) is 12.5. The van der Waals surface area contributed by atoms with Crippen LogP contribution in [0.3, 0.4) is 0 Å². The zero-order valence-electron chi connectivity index (χ0n) is 23.2. The number of allylic oxidation sites excluding steroid dienone is 3. The lowest BCUT2D eigenvalue weighted by Gasteiger charge is -2.32. The first-order chi connectivity index (χ1) is 17.2. The van der Waals surface area contributed by atoms with E-state index in [4.69, 9.17) is 36.6 Å². The molecule has 0 spiro atoms. The second-order valence-electron chi connectivity index (χ2n) is 9.82. The zero-order valence-corrected chi connectivity index (χ0v) is 24.1. The molecule has 0 fully saturated rings. The SMILES string of the molecule is COCCN(CCOC)C1=CCC(=Nc2ccc(N(CCOC)CCOC)cc2S)C(C(C)(C)C)=C1. The Labute approximate surface area is 223 Å². The number of thiol groups is 1. The van der Waals surface area contributed by atoms with Gasteiger partial charge in [0, 0.05) is 83.0 Å². The van der Waals surface area contributed by atoms with Crippen LogP contribution in [0.1, 0.15) is 27.2 Å². The average molecular weight is 520 g/mol. The first-order valence-corrected chi connectivity index (χ1v) is 13.0. The molecule has 1 aliphatic rings. The monoisotopic (exact) mass is 519 g/mol. The molecule has 0 unspecified atom stereocenters. The van der Waals surface area contributed by atoms with Gasteiger partial charge in [-0.1, -0.05) is 26.8 Å². The second kappa shape index (κ2) is 15.4. The van der Waals surface area contributed by atoms with Crippen LogP contribution in [0.25, 0.3) is 0 Å². The molecule has 0 amide bonds. The van der Waals surface area contributed by atoms with Gasteiger partial charge in [0.1, 0.15) is 0 Å². The van der Waals surface area contributed by atoms with E-state index in [2.05, 4.69) is 60.9 Å². The summed E-state index contributed by atoms with van der Waals surface area (Å²) < 4.78 is 21.3. The van der Waals surface area contributed by atoms with Crippen LogP contribution < -0.4 is 4.90 Å². The number of nitrogens with zero attached hydrogens (tertiary/aromatic N) is 3. The molecule has 0 bridgehead atoms. The second-order valence-corrected chi connectivity index (χ2v) is 10.3. The van der Waals surface area contributed by atoms with Crippen molar-refractivity contribution in [3.05, 3.63) is 41.6 Å². The van der Waals surface area contributed by atoms with Crippen LogP contribution in [-0.2, 0) is 18.9 Å². The summed E-state index contributed by atoms with van der Waals surface area (Å²) in [6, 6.07) is 6.24. The quantitative estimate of drug-likeness (QED) is 0.329. The topological polar surface area (TPSA) is 55.8 Å². The van der Waals surface area contributed by atoms with Gasteiger partial charge in [-0.2, -0.15) is 0 Å². The van der Waals surface area contributed by atoms with Crippen molar-refractivity contribution in [2.75, 3.05) is 85.9 Å². The largest absolute Gasteiger partial charge is 0.383 e. The molecule has 36 heavy (non-hydrogen) atoms. The van der Waals surface area contributed by atoms with Gasteiger partial charge in [0.25, 0.3) is 0 Å². The van der Waals surface area contributed by atoms with Crippen molar-refractivity contribution in [1.29, 1.82) is 0 Å². The summed E-state index contributed by atoms with van der Waals surface area (Å²) in [5, 5.41) is 0. The number of ether oxygens (including phenoxy) is 4. The number of hydrogen-bond acceptors (Lipinski definition) is 8. The molecule has 0 aliphatic heterocycles. The molecule has 1 aliphatic carbocycles. The van der Waals surface area contributed by atoms with Crippen LogP contribution in [0.4, 0.5) is 11.4 Å². The van der Waals surface area contributed by atoms with E-state index in [1.807, 2.05) is 0 Å². The van der Waals surface area contributed by atoms with Crippen molar-refractivity contribution in [2.24, 2.45) is 10.4 Å². The number of hydrogen-bond donors (Lipinski definition) is 1. The summed E-state index contributed by atoms with van der Waals surface area (Å²) in [7, 11) is 6.91. The minimum atomic E-state index is -0.0552. The van der Waals surface area contributed by atoms with Crippen molar-refractivity contribution in [3.8, 4) is 0 Å². The smallest absolute Gasteiger partial charge is 0.0767 e. The predicted octanol–water partition coefficient (Wildman–Crippen LogP) is 5.00. The molecule has 202 valence electrons. The van der Waals surface area contributed by atoms with E-state index in [9.17, 15) is 0 Å². The predicted molar refractivity (Wildman–Crippen MR) is 152 cm³/mol. The first-order valence-electron chi connectivity index (χ1n) is 12.5. The van der Waals surface area contributed by atoms with Gasteiger partial charge in [-0.15, -0.1) is 12.6 Å². The molecule has 0 N–H and O–H groups in total. The van der Waals surface area contributed by atoms with Crippen molar-refractivity contribution < 1.29 is 18.9 Å². The Bertz CT molecular complexity index is 893. The van der Waals surface area contributed by atoms with E-state index in [0.717, 1.165) is 54.6 Å². The fourth-order valence-corrected chi connectivity index (χ4v) is 4.33. The van der Waals surface area contributed by atoms with Crippen LogP contribution in [0.15, 0.2) is 51.5 Å². The Morgan fingerprint density at radius 2 is 1.36 bits per heavy atom. The summed E-state index contributed by atoms with van der Waals surface area (Å²) in [6.07, 6.45) is 5.29. The van der Waals surface area contributed by atoms with Gasteiger partial charge in [-0.05, 0) is 35.3 Å². The third-order valence-corrected chi connectivity index (χ3v) is 6.48. The third kappa shape index (κ3) is 9.23. The van der Waals surface area contributed by atoms with Crippen LogP contribution in [0, 0.1) is 5.41 Å². The van der Waals surface area contributed by atoms with E-state index in [0.29, 0.717) is 26.4 Å². The van der Waals surface area contributed by atoms with E-state index in [1.165, 1.54) is 11.3 Å². The number of benzene rings is 1. The number of methoxy groups -OCH3 is 4. The van der Waals surface area contributed by atoms with Crippen LogP contribution in [-0.4, -0.2) is 91.7 Å². The van der Waals surface area contributed by atoms with Crippen molar-refractivity contribution >= 4 is 29.7 Å². The number of anilines is 1. The molecule has 0 heterocycles. The summed E-state index contributed by atoms with van der Waals surface area (Å²) >= 11 is 4.81. The highest BCUT2D eigenvalue weighted by molar-refractivity contribution is 7.80. The molecule has 2 rings (SSSR count). The Hall–Kier alpha value is -1.84. The molecule has 0 saturated heterocycles. The van der Waals surface area contributed by atoms with Crippen LogP contribution in [0.5, 0.6) is 0 Å². The first kappa shape index (κ1) is 30.4. The minimum absolute atomic E-state index is 0.0552. The average Bonchev–Trinajstić information content (AvgIpc) is 2.85. The molecule has 8 heteroatoms. The third-order valence-electron chi connectivity index (χ3n) is 6.12. The van der Waals surface area contributed by atoms with Crippen LogP contribution >= 0.6 is 12.6 Å². The molecule has 1 aromatic rings. The van der Waals surface area contributed by atoms with E-state index in [1.54, 1.807) is 28.4 Å². The summed E-state index contributed by atoms with van der Waals surface area (Å²) in [5.74, 6) is 0. The summed E-state index contributed by atoms with van der Waals surface area (Å²) in [5.41, 5.74) is 5.41. The van der Waals surface area contributed by atoms with Gasteiger partial charge in [0.05, 0.1) is 32.1 Å². The van der Waals surface area contributed by atoms with E-state index in [-0.39, 0.29) is 5.41 Å². The van der Waals surface area contributed by atoms with Crippen molar-refractivity contribution in [2.45, 2.75) is 32.1 Å². The van der Waals surface area contributed by atoms with Gasteiger partial charge in [-0.25, -0.2) is 0 Å². The normalized spacial score (nSPS) is 15.2.